The zero-order valence-corrected chi connectivity index (χ0v) is 10.1. The molecule has 0 spiro atoms. The zero-order chi connectivity index (χ0) is 11.5. The Hall–Kier alpha value is -0.300. The van der Waals surface area contributed by atoms with Crippen LogP contribution >= 0.6 is 11.8 Å². The number of aliphatic hydroxyl groups is 2. The third-order valence-electron chi connectivity index (χ3n) is 2.76. The Bertz CT molecular complexity index is 275. The van der Waals surface area contributed by atoms with E-state index in [0.717, 1.165) is 18.1 Å². The van der Waals surface area contributed by atoms with Crippen molar-refractivity contribution in [1.82, 2.24) is 5.32 Å². The van der Waals surface area contributed by atoms with E-state index < -0.39 is 12.2 Å². The predicted molar refractivity (Wildman–Crippen MR) is 63.5 cm³/mol. The second-order valence-electron chi connectivity index (χ2n) is 4.08. The molecule has 3 N–H and O–H groups in total. The number of thioether (sulfide) groups is 1. The number of nitrogens with one attached hydrogen (secondary N) is 1. The number of hydrogen-bond donors (Lipinski definition) is 3. The molecule has 0 saturated carbocycles. The molecular formula is C10H18N2O3S. The van der Waals surface area contributed by atoms with E-state index in [2.05, 4.69) is 17.2 Å². The summed E-state index contributed by atoms with van der Waals surface area (Å²) < 4.78 is 5.60. The highest BCUT2D eigenvalue weighted by molar-refractivity contribution is 8.14. The minimum atomic E-state index is -0.593. The van der Waals surface area contributed by atoms with Gasteiger partial charge < -0.3 is 20.3 Å². The van der Waals surface area contributed by atoms with Gasteiger partial charge in [-0.05, 0) is 12.8 Å². The number of hydrogen-bond acceptors (Lipinski definition) is 5. The van der Waals surface area contributed by atoms with E-state index in [4.69, 9.17) is 9.84 Å². The summed E-state index contributed by atoms with van der Waals surface area (Å²) in [6.45, 7) is 2.76. The van der Waals surface area contributed by atoms with E-state index in [9.17, 15) is 5.11 Å². The van der Waals surface area contributed by atoms with Crippen molar-refractivity contribution in [3.05, 3.63) is 0 Å². The minimum absolute atomic E-state index is 0.0313. The molecule has 16 heavy (non-hydrogen) atoms. The summed E-state index contributed by atoms with van der Waals surface area (Å²) in [5.74, 6) is 0. The molecule has 2 aliphatic heterocycles. The number of aliphatic hydroxyl groups excluding tert-OH is 2. The molecule has 0 aromatic carbocycles. The van der Waals surface area contributed by atoms with Gasteiger partial charge in [-0.25, -0.2) is 0 Å². The van der Waals surface area contributed by atoms with E-state index in [1.807, 2.05) is 0 Å². The molecule has 5 nitrogen and oxygen atoms in total. The largest absolute Gasteiger partial charge is 0.394 e. The van der Waals surface area contributed by atoms with Crippen LogP contribution in [0.15, 0.2) is 4.99 Å². The lowest BCUT2D eigenvalue weighted by molar-refractivity contribution is -0.114. The van der Waals surface area contributed by atoms with Crippen molar-refractivity contribution >= 4 is 16.9 Å². The van der Waals surface area contributed by atoms with E-state index >= 15 is 0 Å². The molecule has 2 aliphatic rings. The average molecular weight is 246 g/mol. The van der Waals surface area contributed by atoms with Crippen molar-refractivity contribution < 1.29 is 14.9 Å². The van der Waals surface area contributed by atoms with Gasteiger partial charge in [0, 0.05) is 6.54 Å². The van der Waals surface area contributed by atoms with Crippen LogP contribution in [0.3, 0.4) is 0 Å². The fourth-order valence-corrected chi connectivity index (χ4v) is 3.03. The molecule has 0 aromatic rings. The summed E-state index contributed by atoms with van der Waals surface area (Å²) >= 11 is 1.55. The topological polar surface area (TPSA) is 74.1 Å². The van der Waals surface area contributed by atoms with Crippen molar-refractivity contribution in [2.75, 3.05) is 13.2 Å². The smallest absolute Gasteiger partial charge is 0.159 e. The molecule has 4 unspecified atom stereocenters. The highest BCUT2D eigenvalue weighted by Crippen LogP contribution is 2.33. The molecule has 6 heteroatoms. The maximum Gasteiger partial charge on any atom is 0.159 e. The first-order valence-electron chi connectivity index (χ1n) is 5.66. The van der Waals surface area contributed by atoms with Crippen LogP contribution < -0.4 is 5.32 Å². The van der Waals surface area contributed by atoms with E-state index in [-0.39, 0.29) is 18.1 Å². The summed E-state index contributed by atoms with van der Waals surface area (Å²) in [4.78, 5) is 4.39. The first-order valence-corrected chi connectivity index (χ1v) is 6.54. The van der Waals surface area contributed by atoms with Crippen LogP contribution in [0.4, 0.5) is 0 Å². The Balaban J connectivity index is 1.95. The van der Waals surface area contributed by atoms with Crippen molar-refractivity contribution in [2.24, 2.45) is 4.99 Å². The second kappa shape index (κ2) is 5.35. The molecule has 2 heterocycles. The lowest BCUT2D eigenvalue weighted by atomic mass is 10.0. The Labute approximate surface area is 99.3 Å². The van der Waals surface area contributed by atoms with Gasteiger partial charge in [-0.1, -0.05) is 18.7 Å². The van der Waals surface area contributed by atoms with Crippen molar-refractivity contribution in [2.45, 2.75) is 43.5 Å². The lowest BCUT2D eigenvalue weighted by Crippen LogP contribution is -2.49. The van der Waals surface area contributed by atoms with Crippen molar-refractivity contribution in [3.8, 4) is 0 Å². The summed E-state index contributed by atoms with van der Waals surface area (Å²) in [6, 6.07) is 0.110. The molecule has 0 aromatic heterocycles. The standard InChI is InChI=1S/C10H18N2O3S/c1-2-3-11-10-12-6-4-7(14)8(5-13)15-9(6)16-10/h6-9,13-14H,2-5H2,1H3,(H,11,12). The number of fused-ring (bicyclic) bond motifs is 1. The minimum Gasteiger partial charge on any atom is -0.394 e. The fraction of sp³-hybridized carbons (Fsp3) is 0.900. The zero-order valence-electron chi connectivity index (χ0n) is 9.30. The molecule has 2 saturated heterocycles. The predicted octanol–water partition coefficient (Wildman–Crippen LogP) is -0.0744. The van der Waals surface area contributed by atoms with E-state index in [1.165, 1.54) is 0 Å². The molecule has 0 radical (unpaired) electrons. The Kier molecular flexibility index (Phi) is 4.07. The van der Waals surface area contributed by atoms with Crippen LogP contribution in [0.1, 0.15) is 19.8 Å². The van der Waals surface area contributed by atoms with Crippen LogP contribution in [0, 0.1) is 0 Å². The molecule has 2 rings (SSSR count). The normalized spacial score (nSPS) is 40.8. The molecule has 4 atom stereocenters. The highest BCUT2D eigenvalue weighted by atomic mass is 32.2. The van der Waals surface area contributed by atoms with Crippen LogP contribution in [0.5, 0.6) is 0 Å². The molecule has 0 aliphatic carbocycles. The van der Waals surface area contributed by atoms with Gasteiger partial charge in [0.1, 0.15) is 11.5 Å². The highest BCUT2D eigenvalue weighted by Gasteiger charge is 2.42. The van der Waals surface area contributed by atoms with Gasteiger partial charge in [-0.15, -0.1) is 0 Å². The SMILES string of the molecule is CCCN=C1NC2CC(O)C(CO)OC2S1. The van der Waals surface area contributed by atoms with Crippen molar-refractivity contribution in [3.63, 3.8) is 0 Å². The monoisotopic (exact) mass is 246 g/mol. The Morgan fingerprint density at radius 3 is 3.12 bits per heavy atom. The third-order valence-corrected chi connectivity index (χ3v) is 3.90. The van der Waals surface area contributed by atoms with Gasteiger partial charge in [-0.3, -0.25) is 4.99 Å². The van der Waals surface area contributed by atoms with Gasteiger partial charge in [0.05, 0.1) is 18.8 Å². The molecular weight excluding hydrogens is 228 g/mol. The quantitative estimate of drug-likeness (QED) is 0.650. The summed E-state index contributed by atoms with van der Waals surface area (Å²) in [5.41, 5.74) is -0.0313. The summed E-state index contributed by atoms with van der Waals surface area (Å²) in [6.07, 6.45) is 0.573. The molecule has 92 valence electrons. The third kappa shape index (κ3) is 2.51. The summed E-state index contributed by atoms with van der Waals surface area (Å²) in [5, 5.41) is 22.9. The van der Waals surface area contributed by atoms with Crippen LogP contribution in [0.25, 0.3) is 0 Å². The maximum atomic E-state index is 9.70. The van der Waals surface area contributed by atoms with Crippen LogP contribution in [-0.4, -0.2) is 52.2 Å². The van der Waals surface area contributed by atoms with Gasteiger partial charge in [0.25, 0.3) is 0 Å². The van der Waals surface area contributed by atoms with Crippen molar-refractivity contribution in [1.29, 1.82) is 0 Å². The number of ether oxygens (including phenoxy) is 1. The number of rotatable bonds is 3. The molecule has 2 fully saturated rings. The van der Waals surface area contributed by atoms with Gasteiger partial charge >= 0.3 is 0 Å². The molecule has 0 bridgehead atoms. The second-order valence-corrected chi connectivity index (χ2v) is 5.17. The lowest BCUT2D eigenvalue weighted by Gasteiger charge is -2.33. The van der Waals surface area contributed by atoms with E-state index in [0.29, 0.717) is 6.42 Å². The number of aliphatic imine (C=N–C) groups is 1. The van der Waals surface area contributed by atoms with Gasteiger partial charge in [0.2, 0.25) is 0 Å². The maximum absolute atomic E-state index is 9.70. The fourth-order valence-electron chi connectivity index (χ4n) is 1.88. The Morgan fingerprint density at radius 2 is 2.44 bits per heavy atom. The van der Waals surface area contributed by atoms with E-state index in [1.54, 1.807) is 11.8 Å². The Morgan fingerprint density at radius 1 is 1.62 bits per heavy atom. The van der Waals surface area contributed by atoms with Crippen LogP contribution in [-0.2, 0) is 4.74 Å². The number of amidine groups is 1. The average Bonchev–Trinajstić information content (AvgIpc) is 2.66. The van der Waals surface area contributed by atoms with Gasteiger partial charge in [-0.2, -0.15) is 0 Å². The first-order chi connectivity index (χ1) is 7.74. The summed E-state index contributed by atoms with van der Waals surface area (Å²) in [7, 11) is 0. The first kappa shape index (κ1) is 12.2. The molecule has 0 amide bonds. The van der Waals surface area contributed by atoms with Gasteiger partial charge in [0.15, 0.2) is 5.17 Å². The van der Waals surface area contributed by atoms with Crippen LogP contribution in [0.2, 0.25) is 0 Å². The number of nitrogens with zero attached hydrogens (tertiary/aromatic N) is 1.